The number of hydrogen-bond donors (Lipinski definition) is 0. The van der Waals surface area contributed by atoms with Crippen molar-refractivity contribution in [3.05, 3.63) is 36.0 Å². The second-order valence-electron chi connectivity index (χ2n) is 8.83. The molecule has 0 aromatic heterocycles. The van der Waals surface area contributed by atoms with E-state index in [0.29, 0.717) is 23.7 Å². The van der Waals surface area contributed by atoms with Crippen LogP contribution in [0.25, 0.3) is 0 Å². The molecular formula is C23H34O3. The van der Waals surface area contributed by atoms with Gasteiger partial charge in [-0.2, -0.15) is 0 Å². The fourth-order valence-corrected chi connectivity index (χ4v) is 5.83. The predicted octanol–water partition coefficient (Wildman–Crippen LogP) is 5.43. The molecule has 0 aromatic carbocycles. The first-order valence-electron chi connectivity index (χ1n) is 10.1. The Balaban J connectivity index is 1.81. The van der Waals surface area contributed by atoms with Gasteiger partial charge in [-0.25, -0.2) is 4.79 Å². The van der Waals surface area contributed by atoms with Crippen molar-refractivity contribution >= 4 is 5.97 Å². The number of esters is 1. The summed E-state index contributed by atoms with van der Waals surface area (Å²) >= 11 is 0. The molecule has 0 amide bonds. The Morgan fingerprint density at radius 3 is 2.77 bits per heavy atom. The first-order chi connectivity index (χ1) is 12.3. The second kappa shape index (κ2) is 6.99. The summed E-state index contributed by atoms with van der Waals surface area (Å²) in [7, 11) is 1.66. The highest BCUT2D eigenvalue weighted by Crippen LogP contribution is 2.63. The zero-order chi connectivity index (χ0) is 19.1. The number of fused-ring (bicyclic) bond motifs is 3. The molecule has 2 aliphatic carbocycles. The van der Waals surface area contributed by atoms with Crippen LogP contribution in [0, 0.1) is 29.1 Å². The maximum Gasteiger partial charge on any atom is 0.333 e. The Kier molecular flexibility index (Phi) is 5.22. The van der Waals surface area contributed by atoms with E-state index in [1.165, 1.54) is 12.0 Å². The quantitative estimate of drug-likeness (QED) is 0.469. The van der Waals surface area contributed by atoms with Gasteiger partial charge >= 0.3 is 5.97 Å². The van der Waals surface area contributed by atoms with Gasteiger partial charge in [0.15, 0.2) is 0 Å². The van der Waals surface area contributed by atoms with Crippen LogP contribution >= 0.6 is 0 Å². The van der Waals surface area contributed by atoms with Crippen LogP contribution in [-0.4, -0.2) is 18.9 Å². The molecule has 0 radical (unpaired) electrons. The highest BCUT2D eigenvalue weighted by Gasteiger charge is 2.60. The highest BCUT2D eigenvalue weighted by atomic mass is 16.7. The van der Waals surface area contributed by atoms with Crippen LogP contribution in [0.3, 0.4) is 0 Å². The summed E-state index contributed by atoms with van der Waals surface area (Å²) in [5.74, 6) is 0.965. The summed E-state index contributed by atoms with van der Waals surface area (Å²) < 4.78 is 11.3. The van der Waals surface area contributed by atoms with Gasteiger partial charge in [-0.05, 0) is 61.7 Å². The van der Waals surface area contributed by atoms with Crippen LogP contribution < -0.4 is 0 Å². The monoisotopic (exact) mass is 358 g/mol. The van der Waals surface area contributed by atoms with Crippen molar-refractivity contribution in [3.8, 4) is 0 Å². The fourth-order valence-electron chi connectivity index (χ4n) is 5.83. The van der Waals surface area contributed by atoms with Crippen molar-refractivity contribution < 1.29 is 14.3 Å². The Labute approximate surface area is 158 Å². The van der Waals surface area contributed by atoms with E-state index in [1.807, 2.05) is 0 Å². The fraction of sp³-hybridized carbons (Fsp3) is 0.696. The van der Waals surface area contributed by atoms with E-state index in [0.717, 1.165) is 31.3 Å². The largest absolute Gasteiger partial charge is 0.426 e. The summed E-state index contributed by atoms with van der Waals surface area (Å²) in [5.41, 5.74) is 2.53. The van der Waals surface area contributed by atoms with Crippen LogP contribution in [0.15, 0.2) is 36.0 Å². The van der Waals surface area contributed by atoms with Gasteiger partial charge in [0, 0.05) is 25.2 Å². The molecule has 26 heavy (non-hydrogen) atoms. The molecule has 1 heterocycles. The Morgan fingerprint density at radius 1 is 1.42 bits per heavy atom. The Hall–Kier alpha value is -1.35. The highest BCUT2D eigenvalue weighted by molar-refractivity contribution is 5.86. The molecule has 0 unspecified atom stereocenters. The average Bonchev–Trinajstić information content (AvgIpc) is 3.11. The summed E-state index contributed by atoms with van der Waals surface area (Å²) in [6.45, 7) is 13.2. The van der Waals surface area contributed by atoms with Gasteiger partial charge in [-0.3, -0.25) is 0 Å². The molecule has 3 aliphatic rings. The van der Waals surface area contributed by atoms with Crippen molar-refractivity contribution in [1.82, 2.24) is 0 Å². The minimum atomic E-state index is -0.789. The van der Waals surface area contributed by atoms with Crippen molar-refractivity contribution in [3.63, 3.8) is 0 Å². The lowest BCUT2D eigenvalue weighted by Gasteiger charge is -2.48. The molecule has 3 nitrogen and oxygen atoms in total. The molecule has 0 saturated heterocycles. The van der Waals surface area contributed by atoms with E-state index in [9.17, 15) is 4.79 Å². The summed E-state index contributed by atoms with van der Waals surface area (Å²) in [4.78, 5) is 12.0. The minimum Gasteiger partial charge on any atom is -0.426 e. The zero-order valence-electron chi connectivity index (χ0n) is 17.0. The molecule has 3 heteroatoms. The normalized spacial score (nSPS) is 38.5. The number of ether oxygens (including phenoxy) is 2. The number of carbonyl (C=O) groups is 1. The molecule has 0 aromatic rings. The van der Waals surface area contributed by atoms with E-state index in [4.69, 9.17) is 9.47 Å². The topological polar surface area (TPSA) is 35.5 Å². The SMILES string of the molecule is C=C(C)[C@H](C=C[C@@H](C)[C@H]1CC[C@H]2C3=CC(=O)O[C@@]3(OC)CC[C@]12C)CC. The maximum absolute atomic E-state index is 12.0. The van der Waals surface area contributed by atoms with Gasteiger partial charge in [0.1, 0.15) is 0 Å². The molecule has 2 saturated carbocycles. The molecule has 0 N–H and O–H groups in total. The van der Waals surface area contributed by atoms with Crippen molar-refractivity contribution in [2.45, 2.75) is 65.6 Å². The third-order valence-corrected chi connectivity index (χ3v) is 7.44. The molecular weight excluding hydrogens is 324 g/mol. The van der Waals surface area contributed by atoms with Gasteiger partial charge in [0.05, 0.1) is 0 Å². The molecule has 0 spiro atoms. The third kappa shape index (κ3) is 2.98. The maximum atomic E-state index is 12.0. The average molecular weight is 359 g/mol. The van der Waals surface area contributed by atoms with Gasteiger partial charge in [0.2, 0.25) is 5.79 Å². The second-order valence-corrected chi connectivity index (χ2v) is 8.83. The van der Waals surface area contributed by atoms with E-state index in [1.54, 1.807) is 13.2 Å². The van der Waals surface area contributed by atoms with Crippen LogP contribution in [0.1, 0.15) is 59.8 Å². The molecule has 144 valence electrons. The molecule has 6 atom stereocenters. The standard InChI is InChI=1S/C23H34O3/c1-7-17(15(2)3)9-8-16(4)18-10-11-19-20-14-21(24)26-23(20,25-6)13-12-22(18,19)5/h8-9,14,16-19H,2,7,10-13H2,1,3-6H3/t16-,17+,18-,19+,22-,23+/m1/s1. The van der Waals surface area contributed by atoms with Crippen LogP contribution in [0.5, 0.6) is 0 Å². The number of carbonyl (C=O) groups excluding carboxylic acids is 1. The van der Waals surface area contributed by atoms with E-state index < -0.39 is 5.79 Å². The summed E-state index contributed by atoms with van der Waals surface area (Å²) in [5, 5.41) is 0. The van der Waals surface area contributed by atoms with E-state index in [2.05, 4.69) is 46.4 Å². The molecule has 0 bridgehead atoms. The summed E-state index contributed by atoms with van der Waals surface area (Å²) in [6.07, 6.45) is 11.7. The number of hydrogen-bond acceptors (Lipinski definition) is 3. The van der Waals surface area contributed by atoms with Gasteiger partial charge in [-0.1, -0.05) is 45.1 Å². The van der Waals surface area contributed by atoms with Crippen LogP contribution in [0.2, 0.25) is 0 Å². The third-order valence-electron chi connectivity index (χ3n) is 7.44. The van der Waals surface area contributed by atoms with E-state index >= 15 is 0 Å². The van der Waals surface area contributed by atoms with Crippen LogP contribution in [-0.2, 0) is 14.3 Å². The summed E-state index contributed by atoms with van der Waals surface area (Å²) in [6, 6.07) is 0. The lowest BCUT2D eigenvalue weighted by atomic mass is 9.60. The zero-order valence-corrected chi connectivity index (χ0v) is 17.0. The number of rotatable bonds is 6. The van der Waals surface area contributed by atoms with Gasteiger partial charge < -0.3 is 9.47 Å². The first kappa shape index (κ1) is 19.4. The van der Waals surface area contributed by atoms with Gasteiger partial charge in [0.25, 0.3) is 0 Å². The Morgan fingerprint density at radius 2 is 2.15 bits per heavy atom. The lowest BCUT2D eigenvalue weighted by molar-refractivity contribution is -0.208. The minimum absolute atomic E-state index is 0.205. The molecule has 3 rings (SSSR count). The molecule has 1 aliphatic heterocycles. The molecule has 2 fully saturated rings. The Bertz CT molecular complexity index is 646. The van der Waals surface area contributed by atoms with Crippen molar-refractivity contribution in [1.29, 1.82) is 0 Å². The van der Waals surface area contributed by atoms with Crippen LogP contribution in [0.4, 0.5) is 0 Å². The van der Waals surface area contributed by atoms with E-state index in [-0.39, 0.29) is 11.4 Å². The number of methoxy groups -OCH3 is 1. The first-order valence-corrected chi connectivity index (χ1v) is 10.1. The predicted molar refractivity (Wildman–Crippen MR) is 104 cm³/mol. The van der Waals surface area contributed by atoms with Crippen molar-refractivity contribution in [2.75, 3.05) is 7.11 Å². The van der Waals surface area contributed by atoms with Gasteiger partial charge in [-0.15, -0.1) is 0 Å². The lowest BCUT2D eigenvalue weighted by Crippen LogP contribution is -2.47. The van der Waals surface area contributed by atoms with Crippen molar-refractivity contribution in [2.24, 2.45) is 29.1 Å². The smallest absolute Gasteiger partial charge is 0.333 e. The number of allylic oxidation sites excluding steroid dienone is 3.